The summed E-state index contributed by atoms with van der Waals surface area (Å²) in [6.07, 6.45) is 3.42. The van der Waals surface area contributed by atoms with Gasteiger partial charge in [-0.1, -0.05) is 18.2 Å². The smallest absolute Gasteiger partial charge is 0.253 e. The maximum Gasteiger partial charge on any atom is 0.253 e. The third-order valence-electron chi connectivity index (χ3n) is 2.11. The number of hydrogen-bond donors (Lipinski definition) is 0. The van der Waals surface area contributed by atoms with Gasteiger partial charge in [-0.25, -0.2) is 0 Å². The Balaban J connectivity index is 2.96. The molecule has 0 fully saturated rings. The lowest BCUT2D eigenvalue weighted by Crippen LogP contribution is -2.22. The molecule has 0 spiro atoms. The maximum atomic E-state index is 11.8. The second kappa shape index (κ2) is 5.95. The summed E-state index contributed by atoms with van der Waals surface area (Å²) in [4.78, 5) is 13.4. The molecule has 0 aliphatic heterocycles. The normalized spacial score (nSPS) is 10.4. The first kappa shape index (κ1) is 12.3. The Morgan fingerprint density at radius 3 is 2.69 bits per heavy atom. The van der Waals surface area contributed by atoms with E-state index in [2.05, 4.69) is 0 Å². The Kier molecular flexibility index (Phi) is 4.58. The monoisotopic (exact) mass is 219 g/mol. The number of amides is 1. The third-order valence-corrected chi connectivity index (χ3v) is 2.11. The van der Waals surface area contributed by atoms with Crippen molar-refractivity contribution in [2.45, 2.75) is 6.92 Å². The van der Waals surface area contributed by atoms with Gasteiger partial charge in [0, 0.05) is 19.7 Å². The van der Waals surface area contributed by atoms with E-state index in [9.17, 15) is 4.79 Å². The van der Waals surface area contributed by atoms with Gasteiger partial charge in [0.05, 0.1) is 12.9 Å². The fourth-order valence-electron chi connectivity index (χ4n) is 1.30. The lowest BCUT2D eigenvalue weighted by molar-refractivity contribution is 0.0827. The third kappa shape index (κ3) is 3.12. The minimum absolute atomic E-state index is 0.00301. The van der Waals surface area contributed by atoms with Gasteiger partial charge in [0.25, 0.3) is 5.91 Å². The number of benzene rings is 1. The number of nitrogens with zero attached hydrogens (tertiary/aromatic N) is 1. The molecular weight excluding hydrogens is 202 g/mol. The van der Waals surface area contributed by atoms with Gasteiger partial charge >= 0.3 is 0 Å². The molecule has 0 aliphatic carbocycles. The van der Waals surface area contributed by atoms with Crippen LogP contribution in [0.1, 0.15) is 22.8 Å². The Bertz CT molecular complexity index is 383. The molecule has 0 saturated carbocycles. The first-order chi connectivity index (χ1) is 7.66. The molecule has 0 aromatic heterocycles. The number of ether oxygens (including phenoxy) is 1. The van der Waals surface area contributed by atoms with Crippen LogP contribution in [-0.4, -0.2) is 31.5 Å². The Morgan fingerprint density at radius 1 is 1.38 bits per heavy atom. The lowest BCUT2D eigenvalue weighted by atomic mass is 10.1. The van der Waals surface area contributed by atoms with E-state index in [1.54, 1.807) is 31.3 Å². The van der Waals surface area contributed by atoms with Crippen molar-refractivity contribution < 1.29 is 9.53 Å². The second-order valence-corrected chi connectivity index (χ2v) is 3.54. The molecule has 1 aromatic carbocycles. The fraction of sp³-hybridized carbons (Fsp3) is 0.308. The van der Waals surface area contributed by atoms with E-state index in [0.29, 0.717) is 12.2 Å². The molecular formula is C13H17NO2. The number of carbonyl (C=O) groups excluding carboxylic acids is 1. The average molecular weight is 219 g/mol. The zero-order chi connectivity index (χ0) is 12.0. The van der Waals surface area contributed by atoms with Crippen molar-refractivity contribution in [1.29, 1.82) is 0 Å². The fourth-order valence-corrected chi connectivity index (χ4v) is 1.30. The van der Waals surface area contributed by atoms with Crippen molar-refractivity contribution in [3.63, 3.8) is 0 Å². The van der Waals surface area contributed by atoms with E-state index in [-0.39, 0.29) is 5.91 Å². The van der Waals surface area contributed by atoms with E-state index in [4.69, 9.17) is 4.74 Å². The van der Waals surface area contributed by atoms with Crippen molar-refractivity contribution in [1.82, 2.24) is 4.90 Å². The van der Waals surface area contributed by atoms with Gasteiger partial charge in [0.15, 0.2) is 0 Å². The van der Waals surface area contributed by atoms with Crippen LogP contribution >= 0.6 is 0 Å². The largest absolute Gasteiger partial charge is 0.501 e. The van der Waals surface area contributed by atoms with Crippen molar-refractivity contribution in [2.75, 3.05) is 20.7 Å². The summed E-state index contributed by atoms with van der Waals surface area (Å²) in [6.45, 7) is 2.54. The van der Waals surface area contributed by atoms with Crippen molar-refractivity contribution >= 4 is 12.0 Å². The predicted octanol–water partition coefficient (Wildman–Crippen LogP) is 2.40. The van der Waals surface area contributed by atoms with Crippen LogP contribution in [0, 0.1) is 0 Å². The Labute approximate surface area is 96.3 Å². The molecule has 0 unspecified atom stereocenters. The molecule has 0 N–H and O–H groups in total. The van der Waals surface area contributed by atoms with Gasteiger partial charge in [0.2, 0.25) is 0 Å². The zero-order valence-corrected chi connectivity index (χ0v) is 9.93. The van der Waals surface area contributed by atoms with Crippen molar-refractivity contribution in [3.05, 3.63) is 41.7 Å². The summed E-state index contributed by atoms with van der Waals surface area (Å²) in [5.41, 5.74) is 1.55. The van der Waals surface area contributed by atoms with Gasteiger partial charge in [0.1, 0.15) is 0 Å². The minimum atomic E-state index is -0.00301. The van der Waals surface area contributed by atoms with Crippen LogP contribution in [0.3, 0.4) is 0 Å². The standard InChI is InChI=1S/C13H17NO2/c1-4-16-10-9-11-7-5-6-8-12(11)13(15)14(2)3/h5-10H,4H2,1-3H3. The van der Waals surface area contributed by atoms with Gasteiger partial charge in [-0.2, -0.15) is 0 Å². The van der Waals surface area contributed by atoms with Gasteiger partial charge in [-0.05, 0) is 24.6 Å². The second-order valence-electron chi connectivity index (χ2n) is 3.54. The summed E-state index contributed by atoms with van der Waals surface area (Å²) in [5, 5.41) is 0. The van der Waals surface area contributed by atoms with Crippen molar-refractivity contribution in [2.24, 2.45) is 0 Å². The molecule has 86 valence electrons. The summed E-state index contributed by atoms with van der Waals surface area (Å²) in [5.74, 6) is -0.00301. The van der Waals surface area contributed by atoms with Gasteiger partial charge in [-0.3, -0.25) is 4.79 Å². The first-order valence-electron chi connectivity index (χ1n) is 5.25. The van der Waals surface area contributed by atoms with Crippen LogP contribution in [0.5, 0.6) is 0 Å². The Morgan fingerprint density at radius 2 is 2.06 bits per heavy atom. The molecule has 1 amide bonds. The van der Waals surface area contributed by atoms with Crippen LogP contribution in [0.4, 0.5) is 0 Å². The highest BCUT2D eigenvalue weighted by Gasteiger charge is 2.10. The SMILES string of the molecule is CCOC=Cc1ccccc1C(=O)N(C)C. The molecule has 0 bridgehead atoms. The predicted molar refractivity (Wildman–Crippen MR) is 65.1 cm³/mol. The zero-order valence-electron chi connectivity index (χ0n) is 9.93. The molecule has 0 radical (unpaired) electrons. The number of hydrogen-bond acceptors (Lipinski definition) is 2. The van der Waals surface area contributed by atoms with Crippen LogP contribution < -0.4 is 0 Å². The molecule has 0 atom stereocenters. The average Bonchev–Trinajstić information content (AvgIpc) is 2.29. The minimum Gasteiger partial charge on any atom is -0.501 e. The number of rotatable bonds is 4. The van der Waals surface area contributed by atoms with Crippen LogP contribution in [0.15, 0.2) is 30.5 Å². The maximum absolute atomic E-state index is 11.8. The van der Waals surface area contributed by atoms with Crippen molar-refractivity contribution in [3.8, 4) is 0 Å². The van der Waals surface area contributed by atoms with E-state index < -0.39 is 0 Å². The number of carbonyl (C=O) groups is 1. The Hall–Kier alpha value is -1.77. The molecule has 0 saturated heterocycles. The first-order valence-corrected chi connectivity index (χ1v) is 5.25. The molecule has 0 aliphatic rings. The molecule has 1 aromatic rings. The summed E-state index contributed by atoms with van der Waals surface area (Å²) >= 11 is 0. The molecule has 0 heterocycles. The van der Waals surface area contributed by atoms with E-state index in [1.807, 2.05) is 31.2 Å². The highest BCUT2D eigenvalue weighted by molar-refractivity contribution is 5.97. The van der Waals surface area contributed by atoms with Gasteiger partial charge in [-0.15, -0.1) is 0 Å². The lowest BCUT2D eigenvalue weighted by Gasteiger charge is -2.12. The molecule has 3 nitrogen and oxygen atoms in total. The van der Waals surface area contributed by atoms with E-state index in [1.165, 1.54) is 0 Å². The molecule has 3 heteroatoms. The van der Waals surface area contributed by atoms with Gasteiger partial charge < -0.3 is 9.64 Å². The van der Waals surface area contributed by atoms with Crippen LogP contribution in [0.25, 0.3) is 6.08 Å². The highest BCUT2D eigenvalue weighted by atomic mass is 16.5. The summed E-state index contributed by atoms with van der Waals surface area (Å²) in [7, 11) is 3.48. The summed E-state index contributed by atoms with van der Waals surface area (Å²) < 4.78 is 5.13. The molecule has 16 heavy (non-hydrogen) atoms. The van der Waals surface area contributed by atoms with Crippen LogP contribution in [-0.2, 0) is 4.74 Å². The highest BCUT2D eigenvalue weighted by Crippen LogP contribution is 2.12. The topological polar surface area (TPSA) is 29.5 Å². The molecule has 1 rings (SSSR count). The van der Waals surface area contributed by atoms with Crippen LogP contribution in [0.2, 0.25) is 0 Å². The van der Waals surface area contributed by atoms with E-state index in [0.717, 1.165) is 5.56 Å². The van der Waals surface area contributed by atoms with E-state index >= 15 is 0 Å². The quantitative estimate of drug-likeness (QED) is 0.728. The summed E-state index contributed by atoms with van der Waals surface area (Å²) in [6, 6.07) is 7.47.